The molecular formula is C17H16F3NO2. The average Bonchev–Trinajstić information content (AvgIpc) is 2.47. The van der Waals surface area contributed by atoms with Gasteiger partial charge >= 0.3 is 6.36 Å². The Morgan fingerprint density at radius 2 is 1.70 bits per heavy atom. The Kier molecular flexibility index (Phi) is 4.93. The molecule has 0 fully saturated rings. The predicted molar refractivity (Wildman–Crippen MR) is 80.1 cm³/mol. The summed E-state index contributed by atoms with van der Waals surface area (Å²) in [4.78, 5) is 13.8. The van der Waals surface area contributed by atoms with Crippen LogP contribution in [0.15, 0.2) is 48.5 Å². The van der Waals surface area contributed by atoms with Crippen molar-refractivity contribution in [1.82, 2.24) is 4.90 Å². The lowest BCUT2D eigenvalue weighted by Crippen LogP contribution is -2.27. The molecule has 2 rings (SSSR count). The summed E-state index contributed by atoms with van der Waals surface area (Å²) in [5.41, 5.74) is 1.61. The minimum atomic E-state index is -4.77. The van der Waals surface area contributed by atoms with E-state index in [1.165, 1.54) is 23.1 Å². The number of nitrogens with zero attached hydrogens (tertiary/aromatic N) is 1. The molecule has 1 amide bonds. The van der Waals surface area contributed by atoms with Crippen molar-refractivity contribution in [2.75, 3.05) is 7.05 Å². The lowest BCUT2D eigenvalue weighted by Gasteiger charge is -2.20. The van der Waals surface area contributed by atoms with Crippen molar-refractivity contribution in [2.45, 2.75) is 19.8 Å². The first-order valence-electron chi connectivity index (χ1n) is 6.92. The van der Waals surface area contributed by atoms with Crippen LogP contribution in [-0.2, 0) is 6.54 Å². The van der Waals surface area contributed by atoms with E-state index in [2.05, 4.69) is 4.74 Å². The molecule has 0 saturated carbocycles. The van der Waals surface area contributed by atoms with Crippen molar-refractivity contribution in [2.24, 2.45) is 0 Å². The van der Waals surface area contributed by atoms with Crippen LogP contribution in [0.2, 0.25) is 0 Å². The fraction of sp³-hybridized carbons (Fsp3) is 0.235. The third-order valence-corrected chi connectivity index (χ3v) is 3.33. The molecule has 0 aliphatic carbocycles. The van der Waals surface area contributed by atoms with Gasteiger partial charge in [0, 0.05) is 24.7 Å². The summed E-state index contributed by atoms with van der Waals surface area (Å²) in [6.45, 7) is 1.82. The third kappa shape index (κ3) is 4.48. The van der Waals surface area contributed by atoms with Crippen molar-refractivity contribution < 1.29 is 22.7 Å². The van der Waals surface area contributed by atoms with Crippen LogP contribution in [0.1, 0.15) is 21.5 Å². The Labute approximate surface area is 132 Å². The van der Waals surface area contributed by atoms with Crippen LogP contribution < -0.4 is 4.74 Å². The maximum Gasteiger partial charge on any atom is 0.573 e. The summed E-state index contributed by atoms with van der Waals surface area (Å²) >= 11 is 0. The SMILES string of the molecule is Cc1ccccc1C(=O)N(C)Cc1ccccc1OC(F)(F)F. The standard InChI is InChI=1S/C17H16F3NO2/c1-12-7-3-5-9-14(12)16(22)21(2)11-13-8-4-6-10-15(13)23-17(18,19)20/h3-10H,11H2,1-2H3. The number of hydrogen-bond acceptors (Lipinski definition) is 2. The minimum absolute atomic E-state index is 0.0133. The van der Waals surface area contributed by atoms with Gasteiger partial charge in [-0.15, -0.1) is 13.2 Å². The van der Waals surface area contributed by atoms with E-state index in [1.54, 1.807) is 25.2 Å². The van der Waals surface area contributed by atoms with Crippen LogP contribution in [0.5, 0.6) is 5.75 Å². The molecule has 0 spiro atoms. The second-order valence-corrected chi connectivity index (χ2v) is 5.13. The van der Waals surface area contributed by atoms with Crippen molar-refractivity contribution in [3.05, 3.63) is 65.2 Å². The smallest absolute Gasteiger partial charge is 0.405 e. The van der Waals surface area contributed by atoms with Gasteiger partial charge in [-0.2, -0.15) is 0 Å². The van der Waals surface area contributed by atoms with Gasteiger partial charge in [0.05, 0.1) is 0 Å². The highest BCUT2D eigenvalue weighted by atomic mass is 19.4. The maximum absolute atomic E-state index is 12.4. The molecule has 0 N–H and O–H groups in total. The van der Waals surface area contributed by atoms with Gasteiger partial charge < -0.3 is 9.64 Å². The van der Waals surface area contributed by atoms with Crippen molar-refractivity contribution in [3.63, 3.8) is 0 Å². The number of carbonyl (C=O) groups excluding carboxylic acids is 1. The Morgan fingerprint density at radius 1 is 1.09 bits per heavy atom. The molecule has 0 aromatic heterocycles. The molecule has 122 valence electrons. The van der Waals surface area contributed by atoms with Gasteiger partial charge in [0.1, 0.15) is 5.75 Å². The summed E-state index contributed by atoms with van der Waals surface area (Å²) in [6, 6.07) is 12.8. The van der Waals surface area contributed by atoms with E-state index in [-0.39, 0.29) is 23.8 Å². The predicted octanol–water partition coefficient (Wildman–Crippen LogP) is 4.17. The molecule has 0 radical (unpaired) electrons. The number of carbonyl (C=O) groups is 1. The Balaban J connectivity index is 2.19. The van der Waals surface area contributed by atoms with Gasteiger partial charge in [-0.25, -0.2) is 0 Å². The third-order valence-electron chi connectivity index (χ3n) is 3.33. The Bertz CT molecular complexity index is 698. The van der Waals surface area contributed by atoms with E-state index < -0.39 is 6.36 Å². The summed E-state index contributed by atoms with van der Waals surface area (Å²) in [5, 5.41) is 0. The molecular weight excluding hydrogens is 307 g/mol. The summed E-state index contributed by atoms with van der Waals surface area (Å²) in [7, 11) is 1.54. The normalized spacial score (nSPS) is 11.2. The highest BCUT2D eigenvalue weighted by molar-refractivity contribution is 5.95. The summed E-state index contributed by atoms with van der Waals surface area (Å²) in [6.07, 6.45) is -4.77. The van der Waals surface area contributed by atoms with Crippen molar-refractivity contribution >= 4 is 5.91 Å². The zero-order chi connectivity index (χ0) is 17.0. The number of rotatable bonds is 4. The van der Waals surface area contributed by atoms with Gasteiger partial charge in [0.25, 0.3) is 5.91 Å². The van der Waals surface area contributed by atoms with Crippen LogP contribution in [0.3, 0.4) is 0 Å². The number of alkyl halides is 3. The molecule has 0 saturated heterocycles. The number of benzene rings is 2. The molecule has 0 heterocycles. The molecule has 3 nitrogen and oxygen atoms in total. The summed E-state index contributed by atoms with van der Waals surface area (Å²) < 4.78 is 41.3. The molecule has 0 unspecified atom stereocenters. The van der Waals surface area contributed by atoms with Crippen LogP contribution in [0.25, 0.3) is 0 Å². The monoisotopic (exact) mass is 323 g/mol. The maximum atomic E-state index is 12.4. The van der Waals surface area contributed by atoms with Gasteiger partial charge in [-0.05, 0) is 24.6 Å². The largest absolute Gasteiger partial charge is 0.573 e. The molecule has 2 aromatic rings. The number of ether oxygens (including phenoxy) is 1. The van der Waals surface area contributed by atoms with E-state index in [0.29, 0.717) is 5.56 Å². The van der Waals surface area contributed by atoms with Crippen LogP contribution >= 0.6 is 0 Å². The zero-order valence-electron chi connectivity index (χ0n) is 12.7. The fourth-order valence-corrected chi connectivity index (χ4v) is 2.20. The van der Waals surface area contributed by atoms with Crippen molar-refractivity contribution in [3.8, 4) is 5.75 Å². The molecule has 6 heteroatoms. The number of amides is 1. The molecule has 0 bridgehead atoms. The first kappa shape index (κ1) is 16.9. The van der Waals surface area contributed by atoms with Gasteiger partial charge in [0.15, 0.2) is 0 Å². The van der Waals surface area contributed by atoms with Crippen LogP contribution in [0, 0.1) is 6.92 Å². The topological polar surface area (TPSA) is 29.5 Å². The second kappa shape index (κ2) is 6.73. The van der Waals surface area contributed by atoms with E-state index >= 15 is 0 Å². The number of para-hydroxylation sites is 1. The van der Waals surface area contributed by atoms with Crippen LogP contribution in [-0.4, -0.2) is 24.2 Å². The summed E-state index contributed by atoms with van der Waals surface area (Å²) in [5.74, 6) is -0.561. The lowest BCUT2D eigenvalue weighted by molar-refractivity contribution is -0.274. The van der Waals surface area contributed by atoms with E-state index in [4.69, 9.17) is 0 Å². The minimum Gasteiger partial charge on any atom is -0.405 e. The molecule has 0 atom stereocenters. The number of hydrogen-bond donors (Lipinski definition) is 0. The molecule has 23 heavy (non-hydrogen) atoms. The average molecular weight is 323 g/mol. The van der Waals surface area contributed by atoms with Crippen LogP contribution in [0.4, 0.5) is 13.2 Å². The first-order chi connectivity index (χ1) is 10.8. The molecule has 0 aliphatic rings. The molecule has 2 aromatic carbocycles. The quantitative estimate of drug-likeness (QED) is 0.845. The Hall–Kier alpha value is -2.50. The van der Waals surface area contributed by atoms with Gasteiger partial charge in [-0.3, -0.25) is 4.79 Å². The van der Waals surface area contributed by atoms with Crippen molar-refractivity contribution in [1.29, 1.82) is 0 Å². The zero-order valence-corrected chi connectivity index (χ0v) is 12.7. The van der Waals surface area contributed by atoms with E-state index in [0.717, 1.165) is 5.56 Å². The second-order valence-electron chi connectivity index (χ2n) is 5.13. The Morgan fingerprint density at radius 3 is 2.35 bits per heavy atom. The fourth-order valence-electron chi connectivity index (χ4n) is 2.20. The number of halogens is 3. The lowest BCUT2D eigenvalue weighted by atomic mass is 10.1. The number of aryl methyl sites for hydroxylation is 1. The highest BCUT2D eigenvalue weighted by Gasteiger charge is 2.32. The van der Waals surface area contributed by atoms with E-state index in [9.17, 15) is 18.0 Å². The van der Waals surface area contributed by atoms with Gasteiger partial charge in [0.2, 0.25) is 0 Å². The van der Waals surface area contributed by atoms with Gasteiger partial charge in [-0.1, -0.05) is 36.4 Å². The molecule has 0 aliphatic heterocycles. The highest BCUT2D eigenvalue weighted by Crippen LogP contribution is 2.27. The first-order valence-corrected chi connectivity index (χ1v) is 6.92. The van der Waals surface area contributed by atoms with E-state index in [1.807, 2.05) is 19.1 Å².